The van der Waals surface area contributed by atoms with E-state index in [1.807, 2.05) is 90.5 Å². The lowest BCUT2D eigenvalue weighted by atomic mass is 10.3. The molecule has 0 radical (unpaired) electrons. The number of ether oxygens (including phenoxy) is 1. The number of thioether (sulfide) groups is 1. The largest absolute Gasteiger partial charge is 0.494 e. The second-order valence-electron chi connectivity index (χ2n) is 6.05. The third kappa shape index (κ3) is 4.02. The Hall–Kier alpha value is -3.25. The van der Waals surface area contributed by atoms with Crippen LogP contribution in [0.3, 0.4) is 0 Å². The van der Waals surface area contributed by atoms with Gasteiger partial charge < -0.3 is 14.6 Å². The van der Waals surface area contributed by atoms with E-state index in [1.165, 1.54) is 11.8 Å². The number of nitrogens with one attached hydrogen (secondary N) is 1. The van der Waals surface area contributed by atoms with Crippen LogP contribution in [-0.4, -0.2) is 22.2 Å². The Balaban J connectivity index is 1.55. The number of aliphatic imine (C=N–C) groups is 1. The molecule has 6 heteroatoms. The Kier molecular flexibility index (Phi) is 5.30. The van der Waals surface area contributed by atoms with E-state index in [2.05, 4.69) is 10.3 Å². The van der Waals surface area contributed by atoms with E-state index in [4.69, 9.17) is 4.74 Å². The lowest BCUT2D eigenvalue weighted by Crippen LogP contribution is -2.19. The van der Waals surface area contributed by atoms with E-state index >= 15 is 0 Å². The zero-order valence-corrected chi connectivity index (χ0v) is 16.1. The summed E-state index contributed by atoms with van der Waals surface area (Å²) in [5, 5.41) is 3.40. The Morgan fingerprint density at radius 2 is 1.86 bits per heavy atom. The van der Waals surface area contributed by atoms with Crippen molar-refractivity contribution in [2.24, 2.45) is 4.99 Å². The SMILES string of the molecule is CCOc1ccc(N=C2NC(=O)C(=Cc3cccn3-c3ccccc3)S2)cc1. The molecule has 1 saturated heterocycles. The maximum atomic E-state index is 12.4. The third-order valence-corrected chi connectivity index (χ3v) is 5.03. The van der Waals surface area contributed by atoms with Crippen molar-refractivity contribution in [3.8, 4) is 11.4 Å². The number of amidine groups is 1. The lowest BCUT2D eigenvalue weighted by Gasteiger charge is -2.06. The highest BCUT2D eigenvalue weighted by Gasteiger charge is 2.24. The van der Waals surface area contributed by atoms with Crippen molar-refractivity contribution in [1.29, 1.82) is 0 Å². The molecule has 0 unspecified atom stereocenters. The predicted octanol–water partition coefficient (Wildman–Crippen LogP) is 4.77. The van der Waals surface area contributed by atoms with Crippen LogP contribution in [0.2, 0.25) is 0 Å². The highest BCUT2D eigenvalue weighted by atomic mass is 32.2. The predicted molar refractivity (Wildman–Crippen MR) is 114 cm³/mol. The Labute approximate surface area is 167 Å². The van der Waals surface area contributed by atoms with Gasteiger partial charge in [0.05, 0.1) is 17.2 Å². The maximum absolute atomic E-state index is 12.4. The number of hydrogen-bond acceptors (Lipinski definition) is 4. The number of para-hydroxylation sites is 1. The molecule has 0 spiro atoms. The number of nitrogens with zero attached hydrogens (tertiary/aromatic N) is 2. The van der Waals surface area contributed by atoms with Crippen molar-refractivity contribution in [3.05, 3.63) is 83.5 Å². The number of benzene rings is 2. The first-order chi connectivity index (χ1) is 13.7. The average Bonchev–Trinajstić information content (AvgIpc) is 3.31. The molecule has 1 aromatic heterocycles. The van der Waals surface area contributed by atoms with Gasteiger partial charge >= 0.3 is 0 Å². The van der Waals surface area contributed by atoms with Crippen molar-refractivity contribution in [1.82, 2.24) is 9.88 Å². The summed E-state index contributed by atoms with van der Waals surface area (Å²) in [5.74, 6) is 0.660. The monoisotopic (exact) mass is 389 g/mol. The summed E-state index contributed by atoms with van der Waals surface area (Å²) in [6.45, 7) is 2.57. The number of hydrogen-bond donors (Lipinski definition) is 1. The topological polar surface area (TPSA) is 55.6 Å². The normalized spacial score (nSPS) is 16.5. The van der Waals surface area contributed by atoms with Gasteiger partial charge in [0.1, 0.15) is 5.75 Å². The van der Waals surface area contributed by atoms with E-state index in [-0.39, 0.29) is 5.91 Å². The summed E-state index contributed by atoms with van der Waals surface area (Å²) < 4.78 is 7.48. The second kappa shape index (κ2) is 8.19. The summed E-state index contributed by atoms with van der Waals surface area (Å²) in [6, 6.07) is 21.4. The van der Waals surface area contributed by atoms with Gasteiger partial charge in [-0.25, -0.2) is 4.99 Å². The Morgan fingerprint density at radius 3 is 2.61 bits per heavy atom. The van der Waals surface area contributed by atoms with Crippen LogP contribution in [-0.2, 0) is 4.79 Å². The number of amides is 1. The van der Waals surface area contributed by atoms with Gasteiger partial charge in [-0.1, -0.05) is 18.2 Å². The van der Waals surface area contributed by atoms with E-state index in [0.717, 1.165) is 22.8 Å². The van der Waals surface area contributed by atoms with Crippen LogP contribution in [0.25, 0.3) is 11.8 Å². The fourth-order valence-corrected chi connectivity index (χ4v) is 3.68. The van der Waals surface area contributed by atoms with Crippen molar-refractivity contribution >= 4 is 34.6 Å². The van der Waals surface area contributed by atoms with E-state index in [9.17, 15) is 4.79 Å². The molecule has 2 aromatic carbocycles. The first kappa shape index (κ1) is 18.1. The van der Waals surface area contributed by atoms with Crippen LogP contribution < -0.4 is 10.1 Å². The molecule has 1 aliphatic rings. The van der Waals surface area contributed by atoms with Crippen molar-refractivity contribution in [2.45, 2.75) is 6.92 Å². The van der Waals surface area contributed by atoms with Crippen LogP contribution in [0.4, 0.5) is 5.69 Å². The number of rotatable bonds is 5. The lowest BCUT2D eigenvalue weighted by molar-refractivity contribution is -0.115. The molecule has 0 aliphatic carbocycles. The molecule has 1 N–H and O–H groups in total. The first-order valence-electron chi connectivity index (χ1n) is 8.98. The van der Waals surface area contributed by atoms with Crippen molar-refractivity contribution < 1.29 is 9.53 Å². The van der Waals surface area contributed by atoms with Gasteiger partial charge in [-0.2, -0.15) is 0 Å². The summed E-state index contributed by atoms with van der Waals surface area (Å²) >= 11 is 1.34. The zero-order chi connectivity index (χ0) is 19.3. The summed E-state index contributed by atoms with van der Waals surface area (Å²) in [5.41, 5.74) is 2.75. The van der Waals surface area contributed by atoms with Gasteiger partial charge in [0.15, 0.2) is 5.17 Å². The number of carbonyl (C=O) groups is 1. The molecule has 28 heavy (non-hydrogen) atoms. The van der Waals surface area contributed by atoms with E-state index < -0.39 is 0 Å². The van der Waals surface area contributed by atoms with Crippen molar-refractivity contribution in [3.63, 3.8) is 0 Å². The standard InChI is InChI=1S/C22H19N3O2S/c1-2-27-19-12-10-16(11-13-19)23-22-24-21(26)20(28-22)15-18-9-6-14-25(18)17-7-4-3-5-8-17/h3-15H,2H2,1H3,(H,23,24,26). The minimum absolute atomic E-state index is 0.143. The highest BCUT2D eigenvalue weighted by Crippen LogP contribution is 2.29. The highest BCUT2D eigenvalue weighted by molar-refractivity contribution is 8.18. The fourth-order valence-electron chi connectivity index (χ4n) is 2.85. The molecule has 3 aromatic rings. The smallest absolute Gasteiger partial charge is 0.264 e. The van der Waals surface area contributed by atoms with Crippen LogP contribution >= 0.6 is 11.8 Å². The fraction of sp³-hybridized carbons (Fsp3) is 0.0909. The minimum Gasteiger partial charge on any atom is -0.494 e. The van der Waals surface area contributed by atoms with Gasteiger partial charge in [0.25, 0.3) is 5.91 Å². The quantitative estimate of drug-likeness (QED) is 0.640. The molecular weight excluding hydrogens is 370 g/mol. The van der Waals surface area contributed by atoms with E-state index in [0.29, 0.717) is 16.7 Å². The van der Waals surface area contributed by atoms with E-state index in [1.54, 1.807) is 0 Å². The molecule has 4 rings (SSSR count). The van der Waals surface area contributed by atoms with Gasteiger partial charge in [-0.15, -0.1) is 0 Å². The van der Waals surface area contributed by atoms with Gasteiger partial charge in [-0.3, -0.25) is 4.79 Å². The first-order valence-corrected chi connectivity index (χ1v) is 9.80. The minimum atomic E-state index is -0.143. The molecule has 1 fully saturated rings. The molecule has 5 nitrogen and oxygen atoms in total. The molecule has 0 saturated carbocycles. The summed E-state index contributed by atoms with van der Waals surface area (Å²) in [6.07, 6.45) is 3.86. The molecule has 1 aliphatic heterocycles. The van der Waals surface area contributed by atoms with Gasteiger partial charge in [0, 0.05) is 17.6 Å². The third-order valence-electron chi connectivity index (χ3n) is 4.12. The zero-order valence-electron chi connectivity index (χ0n) is 15.3. The van der Waals surface area contributed by atoms with Crippen LogP contribution in [0.1, 0.15) is 12.6 Å². The summed E-state index contributed by atoms with van der Waals surface area (Å²) in [7, 11) is 0. The van der Waals surface area contributed by atoms with Gasteiger partial charge in [-0.05, 0) is 73.3 Å². The molecule has 2 heterocycles. The Bertz CT molecular complexity index is 1040. The number of aromatic nitrogens is 1. The second-order valence-corrected chi connectivity index (χ2v) is 7.08. The average molecular weight is 389 g/mol. The number of carbonyl (C=O) groups excluding carboxylic acids is 1. The van der Waals surface area contributed by atoms with Gasteiger partial charge in [0.2, 0.25) is 0 Å². The molecule has 140 valence electrons. The molecule has 0 atom stereocenters. The van der Waals surface area contributed by atoms with Crippen LogP contribution in [0, 0.1) is 0 Å². The van der Waals surface area contributed by atoms with Crippen LogP contribution in [0.5, 0.6) is 5.75 Å². The molecule has 0 bridgehead atoms. The molecule has 1 amide bonds. The molecular formula is C22H19N3O2S. The summed E-state index contributed by atoms with van der Waals surface area (Å²) in [4.78, 5) is 17.5. The maximum Gasteiger partial charge on any atom is 0.264 e. The Morgan fingerprint density at radius 1 is 1.07 bits per heavy atom. The van der Waals surface area contributed by atoms with Crippen LogP contribution in [0.15, 0.2) is 82.8 Å². The van der Waals surface area contributed by atoms with Crippen molar-refractivity contribution in [2.75, 3.05) is 6.61 Å².